The molecular formula is C39H30N5+. The predicted octanol–water partition coefficient (Wildman–Crippen LogP) is 7.66. The van der Waals surface area contributed by atoms with Gasteiger partial charge in [0.1, 0.15) is 0 Å². The molecule has 6 aromatic carbocycles. The number of amidine groups is 1. The molecule has 3 heterocycles. The number of hydrogen-bond donors (Lipinski definition) is 2. The third-order valence-corrected chi connectivity index (χ3v) is 8.91. The molecule has 0 aliphatic carbocycles. The summed E-state index contributed by atoms with van der Waals surface area (Å²) in [6.07, 6.45) is -0.295. The third kappa shape index (κ3) is 3.84. The Morgan fingerprint density at radius 3 is 1.84 bits per heavy atom. The van der Waals surface area contributed by atoms with E-state index in [4.69, 9.17) is 4.99 Å². The molecule has 5 heteroatoms. The molecule has 0 spiro atoms. The maximum absolute atomic E-state index is 5.37. The summed E-state index contributed by atoms with van der Waals surface area (Å²) in [4.78, 5) is 5.37. The highest BCUT2D eigenvalue weighted by molar-refractivity contribution is 6.28. The Hall–Kier alpha value is -5.49. The van der Waals surface area contributed by atoms with Gasteiger partial charge in [-0.05, 0) is 48.5 Å². The summed E-state index contributed by atoms with van der Waals surface area (Å²) in [6.45, 7) is 0. The van der Waals surface area contributed by atoms with Crippen LogP contribution in [0, 0.1) is 0 Å². The minimum atomic E-state index is -0.303. The molecule has 9 rings (SSSR count). The van der Waals surface area contributed by atoms with E-state index in [-0.39, 0.29) is 12.5 Å². The zero-order valence-electron chi connectivity index (χ0n) is 24.0. The average molecular weight is 569 g/mol. The van der Waals surface area contributed by atoms with Crippen molar-refractivity contribution in [1.29, 1.82) is 0 Å². The molecule has 8 aromatic rings. The number of para-hydroxylation sites is 3. The van der Waals surface area contributed by atoms with E-state index in [1.54, 1.807) is 0 Å². The van der Waals surface area contributed by atoms with Gasteiger partial charge in [-0.2, -0.15) is 4.99 Å². The first-order chi connectivity index (χ1) is 21.8. The molecule has 5 nitrogen and oxygen atoms in total. The number of benzene rings is 6. The molecule has 2 aromatic heterocycles. The van der Waals surface area contributed by atoms with Gasteiger partial charge in [0, 0.05) is 32.8 Å². The van der Waals surface area contributed by atoms with E-state index in [0.717, 1.165) is 28.1 Å². The number of fused-ring (bicyclic) bond motifs is 7. The summed E-state index contributed by atoms with van der Waals surface area (Å²) in [5.74, 6) is 0.996. The highest BCUT2D eigenvalue weighted by atomic mass is 15.4. The number of nitrogens with zero attached hydrogens (tertiary/aromatic N) is 3. The molecule has 1 aliphatic heterocycles. The number of nitrogens with two attached hydrogens (primary N) is 1. The number of hydrogen-bond acceptors (Lipinski definition) is 2. The van der Waals surface area contributed by atoms with Crippen LogP contribution in [-0.2, 0) is 0 Å². The Bertz CT molecular complexity index is 2330. The van der Waals surface area contributed by atoms with Gasteiger partial charge in [-0.15, -0.1) is 0 Å². The van der Waals surface area contributed by atoms with Crippen LogP contribution in [0.4, 0.5) is 0 Å². The second kappa shape index (κ2) is 10.1. The zero-order chi connectivity index (χ0) is 29.0. The molecule has 210 valence electrons. The summed E-state index contributed by atoms with van der Waals surface area (Å²) in [7, 11) is 0. The van der Waals surface area contributed by atoms with Crippen LogP contribution in [0.3, 0.4) is 0 Å². The van der Waals surface area contributed by atoms with Crippen LogP contribution in [0.15, 0.2) is 157 Å². The lowest BCUT2D eigenvalue weighted by molar-refractivity contribution is -0.601. The SMILES string of the molecule is c1ccc(C2=NC(n3c4ccccc4c4c5c6ccccc6n(-c6ccccc6)c5ccc43)NC(c3ccccc3)[NH2+]2)cc1. The van der Waals surface area contributed by atoms with Gasteiger partial charge in [-0.25, -0.2) is 5.32 Å². The molecular weight excluding hydrogens is 538 g/mol. The fourth-order valence-electron chi connectivity index (χ4n) is 7.01. The molecule has 2 atom stereocenters. The molecule has 0 bridgehead atoms. The molecule has 0 amide bonds. The van der Waals surface area contributed by atoms with Gasteiger partial charge in [0.25, 0.3) is 0 Å². The Morgan fingerprint density at radius 1 is 0.523 bits per heavy atom. The maximum Gasteiger partial charge on any atom is 0.231 e. The summed E-state index contributed by atoms with van der Waals surface area (Å²) in [6, 6.07) is 53.9. The largest absolute Gasteiger partial charge is 0.309 e. The van der Waals surface area contributed by atoms with Crippen LogP contribution in [-0.4, -0.2) is 15.0 Å². The highest BCUT2D eigenvalue weighted by Crippen LogP contribution is 2.42. The van der Waals surface area contributed by atoms with Crippen molar-refractivity contribution >= 4 is 49.4 Å². The highest BCUT2D eigenvalue weighted by Gasteiger charge is 2.31. The molecule has 0 saturated heterocycles. The summed E-state index contributed by atoms with van der Waals surface area (Å²) >= 11 is 0. The van der Waals surface area contributed by atoms with E-state index in [9.17, 15) is 0 Å². The Kier molecular flexibility index (Phi) is 5.73. The van der Waals surface area contributed by atoms with Gasteiger partial charge in [0.2, 0.25) is 5.84 Å². The third-order valence-electron chi connectivity index (χ3n) is 8.91. The molecule has 1 aliphatic rings. The number of quaternary nitrogens is 1. The normalized spacial score (nSPS) is 17.0. The number of nitrogens with one attached hydrogen (secondary N) is 1. The van der Waals surface area contributed by atoms with Gasteiger partial charge in [0.15, 0.2) is 12.5 Å². The van der Waals surface area contributed by atoms with Crippen molar-refractivity contribution in [3.05, 3.63) is 163 Å². The Labute approximate surface area is 254 Å². The summed E-state index contributed by atoms with van der Waals surface area (Å²) < 4.78 is 4.78. The van der Waals surface area contributed by atoms with E-state index >= 15 is 0 Å². The van der Waals surface area contributed by atoms with E-state index in [1.165, 1.54) is 38.1 Å². The fraction of sp³-hybridized carbons (Fsp3) is 0.0513. The van der Waals surface area contributed by atoms with Crippen LogP contribution in [0.1, 0.15) is 23.6 Å². The van der Waals surface area contributed by atoms with Crippen LogP contribution >= 0.6 is 0 Å². The van der Waals surface area contributed by atoms with Crippen LogP contribution in [0.25, 0.3) is 49.3 Å². The van der Waals surface area contributed by atoms with Crippen molar-refractivity contribution in [1.82, 2.24) is 14.5 Å². The van der Waals surface area contributed by atoms with Crippen LogP contribution < -0.4 is 10.6 Å². The quantitative estimate of drug-likeness (QED) is 0.225. The lowest BCUT2D eigenvalue weighted by atomic mass is 10.1. The minimum absolute atomic E-state index is 0.00819. The zero-order valence-corrected chi connectivity index (χ0v) is 24.0. The first-order valence-corrected chi connectivity index (χ1v) is 15.1. The molecule has 44 heavy (non-hydrogen) atoms. The van der Waals surface area contributed by atoms with Crippen molar-refractivity contribution in [2.75, 3.05) is 0 Å². The average Bonchev–Trinajstić information content (AvgIpc) is 3.62. The Balaban J connectivity index is 1.34. The topological polar surface area (TPSA) is 50.9 Å². The Morgan fingerprint density at radius 2 is 1.09 bits per heavy atom. The predicted molar refractivity (Wildman–Crippen MR) is 180 cm³/mol. The molecule has 0 fully saturated rings. The van der Waals surface area contributed by atoms with Crippen molar-refractivity contribution < 1.29 is 5.32 Å². The lowest BCUT2D eigenvalue weighted by Crippen LogP contribution is -2.93. The van der Waals surface area contributed by atoms with Gasteiger partial charge < -0.3 is 9.13 Å². The minimum Gasteiger partial charge on any atom is -0.309 e. The fourth-order valence-corrected chi connectivity index (χ4v) is 7.01. The second-order valence-corrected chi connectivity index (χ2v) is 11.4. The van der Waals surface area contributed by atoms with E-state index in [2.05, 4.69) is 171 Å². The molecule has 3 N–H and O–H groups in total. The van der Waals surface area contributed by atoms with Gasteiger partial charge >= 0.3 is 0 Å². The standard InChI is InChI=1S/C39H29N5/c1-4-14-26(15-5-1)37-40-38(27-16-6-2-7-17-27)42-39(41-37)44-32-23-13-11-21-30(32)36-34(44)25-24-33-35(36)29-20-10-12-22-31(29)43(33)28-18-8-3-9-19-28/h1-25,37,39,41H,(H,40,42)/p+1. The first-order valence-electron chi connectivity index (χ1n) is 15.1. The maximum atomic E-state index is 5.37. The van der Waals surface area contributed by atoms with Gasteiger partial charge in [0.05, 0.1) is 27.6 Å². The van der Waals surface area contributed by atoms with Crippen molar-refractivity contribution in [2.45, 2.75) is 12.5 Å². The number of rotatable bonds is 4. The lowest BCUT2D eigenvalue weighted by Gasteiger charge is -2.29. The van der Waals surface area contributed by atoms with E-state index in [1.807, 2.05) is 0 Å². The van der Waals surface area contributed by atoms with Crippen LogP contribution in [0.2, 0.25) is 0 Å². The molecule has 0 saturated carbocycles. The smallest absolute Gasteiger partial charge is 0.231 e. The molecule has 2 unspecified atom stereocenters. The van der Waals surface area contributed by atoms with E-state index in [0.29, 0.717) is 0 Å². The van der Waals surface area contributed by atoms with Gasteiger partial charge in [-0.1, -0.05) is 103 Å². The monoisotopic (exact) mass is 568 g/mol. The number of aliphatic imine (C=N–C) groups is 1. The summed E-state index contributed by atoms with van der Waals surface area (Å²) in [5.41, 5.74) is 8.23. The molecule has 0 radical (unpaired) electrons. The van der Waals surface area contributed by atoms with Crippen LogP contribution in [0.5, 0.6) is 0 Å². The number of aromatic nitrogens is 2. The van der Waals surface area contributed by atoms with Crippen molar-refractivity contribution in [3.8, 4) is 5.69 Å². The van der Waals surface area contributed by atoms with Gasteiger partial charge in [-0.3, -0.25) is 5.32 Å². The summed E-state index contributed by atoms with van der Waals surface area (Å²) in [5, 5.41) is 11.1. The van der Waals surface area contributed by atoms with Crippen molar-refractivity contribution in [2.24, 2.45) is 4.99 Å². The van der Waals surface area contributed by atoms with Crippen molar-refractivity contribution in [3.63, 3.8) is 0 Å². The van der Waals surface area contributed by atoms with E-state index < -0.39 is 0 Å². The first kappa shape index (κ1) is 25.0. The second-order valence-electron chi connectivity index (χ2n) is 11.4.